The fraction of sp³-hybridized carbons (Fsp3) is 0.125. The Balaban J connectivity index is 2.03. The Hall–Kier alpha value is -2.53. The van der Waals surface area contributed by atoms with Gasteiger partial charge in [0.05, 0.1) is 34.6 Å². The number of halogens is 1. The Morgan fingerprint density at radius 2 is 2.14 bits per heavy atom. The van der Waals surface area contributed by atoms with Crippen molar-refractivity contribution in [3.05, 3.63) is 47.5 Å². The van der Waals surface area contributed by atoms with E-state index in [9.17, 15) is 0 Å². The molecule has 3 aromatic heterocycles. The Morgan fingerprint density at radius 1 is 1.27 bits per heavy atom. The number of methoxy groups -OCH3 is 1. The second-order valence-electron chi connectivity index (χ2n) is 5.07. The molecule has 0 atom stereocenters. The van der Waals surface area contributed by atoms with Gasteiger partial charge in [-0.25, -0.2) is 9.97 Å². The predicted molar refractivity (Wildman–Crippen MR) is 86.6 cm³/mol. The maximum atomic E-state index is 6.39. The molecule has 4 aromatic rings. The average Bonchev–Trinajstić information content (AvgIpc) is 3.13. The molecule has 0 amide bonds. The number of ether oxygens (including phenoxy) is 1. The van der Waals surface area contributed by atoms with E-state index < -0.39 is 0 Å². The molecule has 4 rings (SSSR count). The summed E-state index contributed by atoms with van der Waals surface area (Å²) in [4.78, 5) is 12.3. The lowest BCUT2D eigenvalue weighted by Gasteiger charge is -2.07. The molecule has 0 saturated heterocycles. The van der Waals surface area contributed by atoms with Gasteiger partial charge in [0.25, 0.3) is 0 Å². The van der Waals surface area contributed by atoms with E-state index in [1.165, 1.54) is 0 Å². The van der Waals surface area contributed by atoms with Crippen LogP contribution in [0, 0.1) is 6.92 Å². The molecule has 22 heavy (non-hydrogen) atoms. The van der Waals surface area contributed by atoms with Crippen LogP contribution in [0.4, 0.5) is 0 Å². The van der Waals surface area contributed by atoms with Crippen molar-refractivity contribution in [2.45, 2.75) is 6.92 Å². The van der Waals surface area contributed by atoms with Gasteiger partial charge in [-0.15, -0.1) is 0 Å². The summed E-state index contributed by atoms with van der Waals surface area (Å²) in [6.45, 7) is 1.97. The molecule has 0 spiro atoms. The quantitative estimate of drug-likeness (QED) is 0.611. The molecule has 1 N–H and O–H groups in total. The third-order valence-corrected chi connectivity index (χ3v) is 4.10. The van der Waals surface area contributed by atoms with Crippen LogP contribution in [0.15, 0.2) is 36.8 Å². The Bertz CT molecular complexity index is 1000. The van der Waals surface area contributed by atoms with Gasteiger partial charge in [-0.1, -0.05) is 11.6 Å². The van der Waals surface area contributed by atoms with Crippen LogP contribution in [0.1, 0.15) is 5.69 Å². The first kappa shape index (κ1) is 13.2. The second kappa shape index (κ2) is 4.74. The molecule has 0 bridgehead atoms. The highest BCUT2D eigenvalue weighted by atomic mass is 35.5. The maximum absolute atomic E-state index is 6.39. The molecule has 0 radical (unpaired) electrons. The zero-order valence-electron chi connectivity index (χ0n) is 12.1. The number of benzene rings is 1. The molecular weight excluding hydrogens is 300 g/mol. The van der Waals surface area contributed by atoms with E-state index in [1.54, 1.807) is 19.5 Å². The van der Waals surface area contributed by atoms with Crippen molar-refractivity contribution >= 4 is 28.3 Å². The van der Waals surface area contributed by atoms with Crippen LogP contribution in [0.5, 0.6) is 5.75 Å². The van der Waals surface area contributed by atoms with E-state index in [4.69, 9.17) is 16.3 Å². The van der Waals surface area contributed by atoms with E-state index in [2.05, 4.69) is 15.0 Å². The number of aromatic nitrogens is 4. The number of fused-ring (bicyclic) bond motifs is 3. The van der Waals surface area contributed by atoms with Gasteiger partial charge in [0.1, 0.15) is 12.1 Å². The van der Waals surface area contributed by atoms with Gasteiger partial charge in [0.2, 0.25) is 0 Å². The van der Waals surface area contributed by atoms with Gasteiger partial charge < -0.3 is 9.72 Å². The average molecular weight is 313 g/mol. The summed E-state index contributed by atoms with van der Waals surface area (Å²) in [5.41, 5.74) is 5.37. The van der Waals surface area contributed by atoms with Gasteiger partial charge in [0, 0.05) is 11.8 Å². The molecule has 0 saturated carbocycles. The predicted octanol–water partition coefficient (Wildman–Crippen LogP) is 3.85. The summed E-state index contributed by atoms with van der Waals surface area (Å²) in [7, 11) is 1.62. The normalized spacial score (nSPS) is 11.4. The third kappa shape index (κ3) is 1.79. The standard InChI is InChI=1S/C16H13ClN4O/c1-9-15-14(11-4-3-10(22-2)7-12(11)17)19-8-21(15)13-5-6-18-16(13)20-9/h3-8,18H,1-2H3. The molecule has 0 aliphatic carbocycles. The van der Waals surface area contributed by atoms with Crippen molar-refractivity contribution in [2.24, 2.45) is 0 Å². The van der Waals surface area contributed by atoms with Crippen LogP contribution in [0.25, 0.3) is 27.9 Å². The van der Waals surface area contributed by atoms with E-state index in [0.717, 1.165) is 39.4 Å². The lowest BCUT2D eigenvalue weighted by atomic mass is 10.1. The zero-order valence-corrected chi connectivity index (χ0v) is 12.8. The zero-order chi connectivity index (χ0) is 15.3. The smallest absolute Gasteiger partial charge is 0.154 e. The Morgan fingerprint density at radius 3 is 2.91 bits per heavy atom. The van der Waals surface area contributed by atoms with Gasteiger partial charge in [-0.05, 0) is 31.2 Å². The number of aryl methyl sites for hydroxylation is 1. The summed E-state index contributed by atoms with van der Waals surface area (Å²) in [6.07, 6.45) is 3.67. The van der Waals surface area contributed by atoms with E-state index in [0.29, 0.717) is 5.02 Å². The van der Waals surface area contributed by atoms with Crippen molar-refractivity contribution < 1.29 is 4.74 Å². The molecule has 5 nitrogen and oxygen atoms in total. The summed E-state index contributed by atoms with van der Waals surface area (Å²) in [6, 6.07) is 7.57. The minimum atomic E-state index is 0.605. The fourth-order valence-corrected chi connectivity index (χ4v) is 3.01. The number of nitrogens with zero attached hydrogens (tertiary/aromatic N) is 3. The summed E-state index contributed by atoms with van der Waals surface area (Å²) < 4.78 is 7.23. The van der Waals surface area contributed by atoms with Gasteiger partial charge in [-0.3, -0.25) is 4.40 Å². The number of hydrogen-bond acceptors (Lipinski definition) is 3. The Labute approximate surface area is 131 Å². The summed E-state index contributed by atoms with van der Waals surface area (Å²) in [5.74, 6) is 0.722. The number of nitrogens with one attached hydrogen (secondary N) is 1. The fourth-order valence-electron chi connectivity index (χ4n) is 2.75. The third-order valence-electron chi connectivity index (χ3n) is 3.78. The molecule has 0 aliphatic heterocycles. The number of rotatable bonds is 2. The van der Waals surface area contributed by atoms with Crippen LogP contribution in [-0.2, 0) is 0 Å². The first-order valence-electron chi connectivity index (χ1n) is 6.83. The molecule has 0 unspecified atom stereocenters. The van der Waals surface area contributed by atoms with E-state index in [1.807, 2.05) is 35.7 Å². The molecule has 110 valence electrons. The Kier molecular flexibility index (Phi) is 2.84. The van der Waals surface area contributed by atoms with Gasteiger partial charge in [0.15, 0.2) is 5.65 Å². The number of aromatic amines is 1. The van der Waals surface area contributed by atoms with Crippen LogP contribution in [-0.4, -0.2) is 26.5 Å². The van der Waals surface area contributed by atoms with Crippen molar-refractivity contribution in [3.63, 3.8) is 0 Å². The van der Waals surface area contributed by atoms with Crippen LogP contribution >= 0.6 is 11.6 Å². The summed E-state index contributed by atoms with van der Waals surface area (Å²) in [5, 5.41) is 0.605. The monoisotopic (exact) mass is 312 g/mol. The topological polar surface area (TPSA) is 55.2 Å². The first-order valence-corrected chi connectivity index (χ1v) is 7.21. The van der Waals surface area contributed by atoms with Crippen LogP contribution < -0.4 is 4.74 Å². The first-order chi connectivity index (χ1) is 10.7. The molecule has 1 aromatic carbocycles. The van der Waals surface area contributed by atoms with Crippen molar-refractivity contribution in [1.29, 1.82) is 0 Å². The molecule has 3 heterocycles. The summed E-state index contributed by atoms with van der Waals surface area (Å²) >= 11 is 6.39. The van der Waals surface area contributed by atoms with Gasteiger partial charge >= 0.3 is 0 Å². The van der Waals surface area contributed by atoms with Crippen LogP contribution in [0.2, 0.25) is 5.02 Å². The highest BCUT2D eigenvalue weighted by Crippen LogP contribution is 2.34. The molecule has 0 fully saturated rings. The van der Waals surface area contributed by atoms with Crippen molar-refractivity contribution in [1.82, 2.24) is 19.4 Å². The van der Waals surface area contributed by atoms with Crippen molar-refractivity contribution in [3.8, 4) is 17.0 Å². The molecular formula is C16H13ClN4O. The second-order valence-corrected chi connectivity index (χ2v) is 5.47. The highest BCUT2D eigenvalue weighted by Gasteiger charge is 2.16. The van der Waals surface area contributed by atoms with E-state index in [-0.39, 0.29) is 0 Å². The largest absolute Gasteiger partial charge is 0.497 e. The maximum Gasteiger partial charge on any atom is 0.154 e. The number of imidazole rings is 1. The van der Waals surface area contributed by atoms with Gasteiger partial charge in [-0.2, -0.15) is 0 Å². The van der Waals surface area contributed by atoms with Crippen LogP contribution in [0.3, 0.4) is 0 Å². The number of H-pyrrole nitrogens is 1. The minimum Gasteiger partial charge on any atom is -0.497 e. The lowest BCUT2D eigenvalue weighted by molar-refractivity contribution is 0.415. The molecule has 6 heteroatoms. The SMILES string of the molecule is COc1ccc(-c2ncn3c2c(C)nc2[nH]ccc23)c(Cl)c1. The highest BCUT2D eigenvalue weighted by molar-refractivity contribution is 6.33. The number of hydrogen-bond donors (Lipinski definition) is 1. The minimum absolute atomic E-state index is 0.605. The van der Waals surface area contributed by atoms with E-state index >= 15 is 0 Å². The lowest BCUT2D eigenvalue weighted by Crippen LogP contribution is -1.93. The molecule has 0 aliphatic rings. The van der Waals surface area contributed by atoms with Crippen molar-refractivity contribution in [2.75, 3.05) is 7.11 Å².